The Balaban J connectivity index is 0.926. The molecule has 190 valence electrons. The highest BCUT2D eigenvalue weighted by Crippen LogP contribution is 2.54. The summed E-state index contributed by atoms with van der Waals surface area (Å²) in [7, 11) is 0. The highest BCUT2D eigenvalue weighted by molar-refractivity contribution is 7.05. The predicted molar refractivity (Wildman–Crippen MR) is 109 cm³/mol. The number of likely N-dealkylation sites (tertiary alicyclic amines) is 3. The van der Waals surface area contributed by atoms with Crippen molar-refractivity contribution >= 4 is 17.6 Å². The second-order valence-electron chi connectivity index (χ2n) is 10.4. The first kappa shape index (κ1) is 23.0. The summed E-state index contributed by atoms with van der Waals surface area (Å²) in [5, 5.41) is 3.54. The lowest BCUT2D eigenvalue weighted by atomic mass is 9.60. The Morgan fingerprint density at radius 1 is 0.971 bits per heavy atom. The van der Waals surface area contributed by atoms with Gasteiger partial charge in [0.2, 0.25) is 0 Å². The largest absolute Gasteiger partial charge is 0.453 e. The number of nitrogens with zero attached hydrogens (tertiary/aromatic N) is 7. The molecule has 35 heavy (non-hydrogen) atoms. The summed E-state index contributed by atoms with van der Waals surface area (Å²) in [5.74, 6) is -1.14. The number of carbonyl (C=O) groups excluding carboxylic acids is 1. The SMILES string of the molecule is O=C(N1CC2(CC(n3cnc(C(F)(F)F)n3)C2)C1)N1CC2(CN(Cc3cc(C(F)(F)F)ns3)C2)C1. The van der Waals surface area contributed by atoms with Crippen LogP contribution in [0.3, 0.4) is 0 Å². The predicted octanol–water partition coefficient (Wildman–Crippen LogP) is 3.35. The molecule has 0 bridgehead atoms. The van der Waals surface area contributed by atoms with Crippen LogP contribution in [0.25, 0.3) is 0 Å². The third-order valence-corrected chi connectivity index (χ3v) is 8.24. The number of hydrogen-bond acceptors (Lipinski definition) is 6. The molecule has 4 fully saturated rings. The lowest BCUT2D eigenvalue weighted by Crippen LogP contribution is -2.75. The molecular weight excluding hydrogens is 500 g/mol. The molecule has 5 heterocycles. The van der Waals surface area contributed by atoms with E-state index in [1.54, 1.807) is 9.80 Å². The first-order chi connectivity index (χ1) is 16.3. The van der Waals surface area contributed by atoms with Crippen LogP contribution in [0, 0.1) is 10.8 Å². The zero-order valence-electron chi connectivity index (χ0n) is 18.3. The van der Waals surface area contributed by atoms with Gasteiger partial charge in [0.1, 0.15) is 6.33 Å². The van der Waals surface area contributed by atoms with Crippen molar-refractivity contribution in [2.24, 2.45) is 10.8 Å². The quantitative estimate of drug-likeness (QED) is 0.580. The summed E-state index contributed by atoms with van der Waals surface area (Å²) in [4.78, 5) is 22.3. The Hall–Kier alpha value is -2.42. The van der Waals surface area contributed by atoms with Gasteiger partial charge in [0.15, 0.2) is 5.69 Å². The van der Waals surface area contributed by atoms with E-state index in [1.165, 1.54) is 4.68 Å². The number of urea groups is 1. The van der Waals surface area contributed by atoms with Crippen molar-refractivity contribution in [3.63, 3.8) is 0 Å². The zero-order chi connectivity index (χ0) is 24.8. The third-order valence-electron chi connectivity index (χ3n) is 7.47. The van der Waals surface area contributed by atoms with Crippen LogP contribution in [0.2, 0.25) is 0 Å². The smallest absolute Gasteiger partial charge is 0.323 e. The van der Waals surface area contributed by atoms with Crippen molar-refractivity contribution in [2.45, 2.75) is 37.8 Å². The topological polar surface area (TPSA) is 70.4 Å². The average Bonchev–Trinajstić information content (AvgIpc) is 3.29. The summed E-state index contributed by atoms with van der Waals surface area (Å²) in [6.07, 6.45) is -6.53. The van der Waals surface area contributed by atoms with Crippen LogP contribution in [-0.4, -0.2) is 79.1 Å². The molecule has 3 aliphatic heterocycles. The first-order valence-corrected chi connectivity index (χ1v) is 11.9. The van der Waals surface area contributed by atoms with Gasteiger partial charge >= 0.3 is 18.4 Å². The third kappa shape index (κ3) is 3.96. The molecule has 0 aromatic carbocycles. The van der Waals surface area contributed by atoms with Gasteiger partial charge in [-0.1, -0.05) is 0 Å². The van der Waals surface area contributed by atoms with Crippen LogP contribution < -0.4 is 0 Å². The van der Waals surface area contributed by atoms with Crippen molar-refractivity contribution in [3.05, 3.63) is 28.8 Å². The molecule has 0 N–H and O–H groups in total. The number of rotatable bonds is 3. The molecule has 6 rings (SSSR count). The molecule has 2 amide bonds. The maximum Gasteiger partial charge on any atom is 0.453 e. The number of carbonyl (C=O) groups is 1. The van der Waals surface area contributed by atoms with Gasteiger partial charge in [0.05, 0.1) is 6.04 Å². The van der Waals surface area contributed by atoms with E-state index >= 15 is 0 Å². The van der Waals surface area contributed by atoms with Crippen molar-refractivity contribution in [2.75, 3.05) is 39.3 Å². The Bertz CT molecular complexity index is 1130. The standard InChI is InChI=1S/C20H21F6N7OS/c21-19(22,23)14-1-13(35-29-14)4-30-5-18(6-30)9-32(10-18)16(34)31-7-17(8-31)2-12(3-17)33-11-27-15(28-33)20(24,25)26/h1,11-12H,2-10H2. The maximum atomic E-state index is 12.8. The number of amides is 2. The number of hydrogen-bond donors (Lipinski definition) is 0. The van der Waals surface area contributed by atoms with Crippen LogP contribution in [0.1, 0.15) is 35.3 Å². The van der Waals surface area contributed by atoms with Gasteiger partial charge in [0, 0.05) is 61.5 Å². The second kappa shape index (κ2) is 7.31. The molecule has 0 radical (unpaired) electrons. The van der Waals surface area contributed by atoms with E-state index in [9.17, 15) is 31.1 Å². The van der Waals surface area contributed by atoms with Gasteiger partial charge in [-0.25, -0.2) is 14.5 Å². The van der Waals surface area contributed by atoms with E-state index in [1.807, 2.05) is 0 Å². The maximum absolute atomic E-state index is 12.8. The van der Waals surface area contributed by atoms with Crippen molar-refractivity contribution in [3.8, 4) is 0 Å². The molecule has 1 saturated carbocycles. The first-order valence-electron chi connectivity index (χ1n) is 11.1. The normalized spacial score (nSPS) is 23.7. The molecule has 2 aromatic heterocycles. The summed E-state index contributed by atoms with van der Waals surface area (Å²) in [6.45, 7) is 4.33. The summed E-state index contributed by atoms with van der Waals surface area (Å²) < 4.78 is 80.9. The Labute approximate surface area is 199 Å². The Kier molecular flexibility index (Phi) is 4.80. The van der Waals surface area contributed by atoms with E-state index in [4.69, 9.17) is 0 Å². The van der Waals surface area contributed by atoms with E-state index in [2.05, 4.69) is 19.4 Å². The minimum atomic E-state index is -4.56. The summed E-state index contributed by atoms with van der Waals surface area (Å²) in [6, 6.07) is 0.935. The number of aromatic nitrogens is 4. The van der Waals surface area contributed by atoms with Gasteiger partial charge in [-0.2, -0.15) is 30.7 Å². The highest BCUT2D eigenvalue weighted by Gasteiger charge is 2.58. The molecule has 3 saturated heterocycles. The van der Waals surface area contributed by atoms with Crippen LogP contribution in [-0.2, 0) is 18.9 Å². The molecule has 8 nitrogen and oxygen atoms in total. The number of halogens is 6. The van der Waals surface area contributed by atoms with Gasteiger partial charge in [-0.15, -0.1) is 5.10 Å². The van der Waals surface area contributed by atoms with Gasteiger partial charge in [-0.05, 0) is 30.4 Å². The second-order valence-corrected chi connectivity index (χ2v) is 11.3. The minimum absolute atomic E-state index is 0.0145. The lowest BCUT2D eigenvalue weighted by Gasteiger charge is -2.63. The number of alkyl halides is 6. The monoisotopic (exact) mass is 521 g/mol. The van der Waals surface area contributed by atoms with E-state index in [-0.39, 0.29) is 22.9 Å². The average molecular weight is 521 g/mol. The van der Waals surface area contributed by atoms with Crippen LogP contribution in [0.4, 0.5) is 31.1 Å². The van der Waals surface area contributed by atoms with Gasteiger partial charge in [-0.3, -0.25) is 4.90 Å². The van der Waals surface area contributed by atoms with Crippen LogP contribution >= 0.6 is 11.5 Å². The van der Waals surface area contributed by atoms with Gasteiger partial charge < -0.3 is 9.80 Å². The minimum Gasteiger partial charge on any atom is -0.323 e. The lowest BCUT2D eigenvalue weighted by molar-refractivity contribution is -0.145. The molecule has 2 aromatic rings. The Morgan fingerprint density at radius 3 is 2.14 bits per heavy atom. The fraction of sp³-hybridized carbons (Fsp3) is 0.700. The molecule has 0 unspecified atom stereocenters. The molecular formula is C20H21F6N7OS. The molecule has 0 atom stereocenters. The van der Waals surface area contributed by atoms with E-state index in [0.29, 0.717) is 50.4 Å². The van der Waals surface area contributed by atoms with Crippen molar-refractivity contribution in [1.82, 2.24) is 33.8 Å². The summed E-state index contributed by atoms with van der Waals surface area (Å²) in [5.41, 5.74) is -0.893. The van der Waals surface area contributed by atoms with Crippen LogP contribution in [0.5, 0.6) is 0 Å². The van der Waals surface area contributed by atoms with Gasteiger partial charge in [0.25, 0.3) is 5.82 Å². The zero-order valence-corrected chi connectivity index (χ0v) is 19.1. The molecule has 1 aliphatic carbocycles. The van der Waals surface area contributed by atoms with E-state index < -0.39 is 23.9 Å². The van der Waals surface area contributed by atoms with Crippen molar-refractivity contribution < 1.29 is 31.1 Å². The van der Waals surface area contributed by atoms with Crippen LogP contribution in [0.15, 0.2) is 12.4 Å². The van der Waals surface area contributed by atoms with Crippen molar-refractivity contribution in [1.29, 1.82) is 0 Å². The highest BCUT2D eigenvalue weighted by atomic mass is 32.1. The fourth-order valence-electron chi connectivity index (χ4n) is 5.92. The molecule has 15 heteroatoms. The fourth-order valence-corrected chi connectivity index (χ4v) is 6.70. The Morgan fingerprint density at radius 2 is 1.60 bits per heavy atom. The molecule has 2 spiro atoms. The molecule has 4 aliphatic rings. The van der Waals surface area contributed by atoms with E-state index in [0.717, 1.165) is 37.0 Å². The summed E-state index contributed by atoms with van der Waals surface area (Å²) >= 11 is 0.866.